The van der Waals surface area contributed by atoms with Crippen LogP contribution in [-0.2, 0) is 4.79 Å². The molecule has 1 N–H and O–H groups in total. The first-order valence-corrected chi connectivity index (χ1v) is 2.64. The van der Waals surface area contributed by atoms with Crippen molar-refractivity contribution in [2.75, 3.05) is 5.32 Å². The molecule has 1 aromatic heterocycles. The van der Waals surface area contributed by atoms with Gasteiger partial charge in [0.05, 0.1) is 11.9 Å². The Bertz CT molecular complexity index is 222. The lowest BCUT2D eigenvalue weighted by Crippen LogP contribution is -1.94. The fourth-order valence-corrected chi connectivity index (χ4v) is 0.529. The molecule has 0 bridgehead atoms. The molecular formula is C6H5FN2O. The molecule has 1 heterocycles. The summed E-state index contributed by atoms with van der Waals surface area (Å²) in [4.78, 5) is 13.1. The van der Waals surface area contributed by atoms with E-state index in [0.29, 0.717) is 12.1 Å². The number of carbonyl (C=O) groups excluding carboxylic acids is 1. The van der Waals surface area contributed by atoms with Crippen LogP contribution in [0.4, 0.5) is 10.1 Å². The van der Waals surface area contributed by atoms with Crippen LogP contribution in [0.15, 0.2) is 18.3 Å². The molecule has 3 nitrogen and oxygen atoms in total. The smallest absolute Gasteiger partial charge is 0.212 e. The van der Waals surface area contributed by atoms with Crippen molar-refractivity contribution in [3.8, 4) is 0 Å². The van der Waals surface area contributed by atoms with Crippen LogP contribution >= 0.6 is 0 Å². The quantitative estimate of drug-likeness (QED) is 0.487. The summed E-state index contributed by atoms with van der Waals surface area (Å²) < 4.78 is 12.1. The van der Waals surface area contributed by atoms with Crippen LogP contribution in [0.2, 0.25) is 0 Å². The van der Waals surface area contributed by atoms with E-state index in [1.165, 1.54) is 18.3 Å². The molecule has 0 aliphatic carbocycles. The third-order valence-corrected chi connectivity index (χ3v) is 0.953. The van der Waals surface area contributed by atoms with Gasteiger partial charge < -0.3 is 5.32 Å². The lowest BCUT2D eigenvalue weighted by atomic mass is 10.4. The number of hydrogen-bond acceptors (Lipinski definition) is 2. The molecule has 0 spiro atoms. The summed E-state index contributed by atoms with van der Waals surface area (Å²) in [5.41, 5.74) is 0.483. The molecule has 0 aliphatic heterocycles. The van der Waals surface area contributed by atoms with Gasteiger partial charge >= 0.3 is 0 Å². The summed E-state index contributed by atoms with van der Waals surface area (Å²) in [7, 11) is 0. The number of nitrogens with one attached hydrogen (secondary N) is 1. The zero-order valence-corrected chi connectivity index (χ0v) is 5.04. The van der Waals surface area contributed by atoms with Gasteiger partial charge in [-0.25, -0.2) is 4.98 Å². The molecule has 0 unspecified atom stereocenters. The van der Waals surface area contributed by atoms with E-state index in [9.17, 15) is 9.18 Å². The molecule has 0 aromatic carbocycles. The topological polar surface area (TPSA) is 42.0 Å². The van der Waals surface area contributed by atoms with Crippen molar-refractivity contribution in [3.63, 3.8) is 0 Å². The Morgan fingerprint density at radius 3 is 2.90 bits per heavy atom. The van der Waals surface area contributed by atoms with E-state index in [4.69, 9.17) is 0 Å². The van der Waals surface area contributed by atoms with Gasteiger partial charge in [0, 0.05) is 0 Å². The highest BCUT2D eigenvalue weighted by Gasteiger charge is 1.90. The van der Waals surface area contributed by atoms with Gasteiger partial charge in [0.25, 0.3) is 0 Å². The minimum Gasteiger partial charge on any atom is -0.327 e. The van der Waals surface area contributed by atoms with Crippen LogP contribution in [0.25, 0.3) is 0 Å². The minimum absolute atomic E-state index is 0.483. The Hall–Kier alpha value is -1.45. The maximum atomic E-state index is 12.1. The number of rotatable bonds is 2. The first-order valence-electron chi connectivity index (χ1n) is 2.64. The highest BCUT2D eigenvalue weighted by atomic mass is 19.1. The predicted molar refractivity (Wildman–Crippen MR) is 33.9 cm³/mol. The van der Waals surface area contributed by atoms with Crippen LogP contribution in [0.1, 0.15) is 0 Å². The molecule has 0 atom stereocenters. The van der Waals surface area contributed by atoms with Crippen molar-refractivity contribution < 1.29 is 9.18 Å². The minimum atomic E-state index is -0.559. The van der Waals surface area contributed by atoms with Gasteiger partial charge in [0.2, 0.25) is 12.4 Å². The molecule has 0 fully saturated rings. The Labute approximate surface area is 56.9 Å². The Kier molecular flexibility index (Phi) is 1.94. The Balaban J connectivity index is 2.78. The largest absolute Gasteiger partial charge is 0.327 e. The second-order valence-electron chi connectivity index (χ2n) is 1.63. The molecule has 1 rings (SSSR count). The number of pyridine rings is 1. The molecule has 0 saturated heterocycles. The standard InChI is InChI=1S/C6H5FN2O/c7-6-2-1-5(3-8-6)9-4-10/h1-4H,(H,9,10). The van der Waals surface area contributed by atoms with E-state index in [1.807, 2.05) is 0 Å². The zero-order chi connectivity index (χ0) is 7.40. The van der Waals surface area contributed by atoms with Crippen LogP contribution < -0.4 is 5.32 Å². The maximum Gasteiger partial charge on any atom is 0.212 e. The van der Waals surface area contributed by atoms with Crippen molar-refractivity contribution in [2.24, 2.45) is 0 Å². The van der Waals surface area contributed by atoms with Crippen molar-refractivity contribution in [3.05, 3.63) is 24.3 Å². The molecule has 0 aliphatic rings. The van der Waals surface area contributed by atoms with Crippen LogP contribution in [-0.4, -0.2) is 11.4 Å². The molecule has 1 aromatic rings. The molecule has 0 radical (unpaired) electrons. The highest BCUT2D eigenvalue weighted by Crippen LogP contribution is 2.02. The fraction of sp³-hybridized carbons (Fsp3) is 0. The number of aromatic nitrogens is 1. The van der Waals surface area contributed by atoms with Gasteiger partial charge in [0.15, 0.2) is 0 Å². The van der Waals surface area contributed by atoms with Gasteiger partial charge in [-0.05, 0) is 12.1 Å². The summed E-state index contributed by atoms with van der Waals surface area (Å²) in [5, 5.41) is 2.33. The summed E-state index contributed by atoms with van der Waals surface area (Å²) >= 11 is 0. The van der Waals surface area contributed by atoms with Crippen molar-refractivity contribution in [1.82, 2.24) is 4.98 Å². The molecular weight excluding hydrogens is 135 g/mol. The second-order valence-corrected chi connectivity index (χ2v) is 1.63. The third kappa shape index (κ3) is 1.51. The first kappa shape index (κ1) is 6.67. The number of amides is 1. The number of nitrogens with zero attached hydrogens (tertiary/aromatic N) is 1. The second kappa shape index (κ2) is 2.91. The molecule has 0 saturated carbocycles. The summed E-state index contributed by atoms with van der Waals surface area (Å²) in [6.45, 7) is 0. The van der Waals surface area contributed by atoms with E-state index < -0.39 is 5.95 Å². The van der Waals surface area contributed by atoms with Crippen LogP contribution in [0.3, 0.4) is 0 Å². The average molecular weight is 140 g/mol. The van der Waals surface area contributed by atoms with Gasteiger partial charge in [-0.3, -0.25) is 4.79 Å². The Morgan fingerprint density at radius 2 is 2.40 bits per heavy atom. The number of anilines is 1. The molecule has 4 heteroatoms. The normalized spacial score (nSPS) is 8.90. The SMILES string of the molecule is O=CNc1ccc(F)nc1. The lowest BCUT2D eigenvalue weighted by molar-refractivity contribution is -0.105. The molecule has 52 valence electrons. The van der Waals surface area contributed by atoms with Gasteiger partial charge in [-0.2, -0.15) is 4.39 Å². The van der Waals surface area contributed by atoms with Crippen molar-refractivity contribution >= 4 is 12.1 Å². The zero-order valence-electron chi connectivity index (χ0n) is 5.04. The van der Waals surface area contributed by atoms with E-state index >= 15 is 0 Å². The summed E-state index contributed by atoms with van der Waals surface area (Å²) in [6.07, 6.45) is 1.75. The van der Waals surface area contributed by atoms with Crippen molar-refractivity contribution in [1.29, 1.82) is 0 Å². The van der Waals surface area contributed by atoms with Gasteiger partial charge in [-0.1, -0.05) is 0 Å². The van der Waals surface area contributed by atoms with Crippen LogP contribution in [0.5, 0.6) is 0 Å². The summed E-state index contributed by atoms with van der Waals surface area (Å²) in [5.74, 6) is -0.559. The maximum absolute atomic E-state index is 12.1. The van der Waals surface area contributed by atoms with E-state index in [-0.39, 0.29) is 0 Å². The predicted octanol–water partition coefficient (Wildman–Crippen LogP) is 0.789. The average Bonchev–Trinajstić information content (AvgIpc) is 1.95. The molecule has 1 amide bonds. The number of halogens is 1. The van der Waals surface area contributed by atoms with E-state index in [1.54, 1.807) is 0 Å². The summed E-state index contributed by atoms with van der Waals surface area (Å²) in [6, 6.07) is 2.60. The number of carbonyl (C=O) groups is 1. The van der Waals surface area contributed by atoms with Gasteiger partial charge in [-0.15, -0.1) is 0 Å². The number of hydrogen-bond donors (Lipinski definition) is 1. The lowest BCUT2D eigenvalue weighted by Gasteiger charge is -1.94. The fourth-order valence-electron chi connectivity index (χ4n) is 0.529. The highest BCUT2D eigenvalue weighted by molar-refractivity contribution is 5.70. The van der Waals surface area contributed by atoms with E-state index in [0.717, 1.165) is 0 Å². The van der Waals surface area contributed by atoms with Crippen molar-refractivity contribution in [2.45, 2.75) is 0 Å². The first-order chi connectivity index (χ1) is 4.83. The van der Waals surface area contributed by atoms with Gasteiger partial charge in [0.1, 0.15) is 0 Å². The monoisotopic (exact) mass is 140 g/mol. The van der Waals surface area contributed by atoms with Crippen LogP contribution in [0, 0.1) is 5.95 Å². The Morgan fingerprint density at radius 1 is 1.60 bits per heavy atom. The van der Waals surface area contributed by atoms with E-state index in [2.05, 4.69) is 10.3 Å². The third-order valence-electron chi connectivity index (χ3n) is 0.953. The molecule has 10 heavy (non-hydrogen) atoms.